The highest BCUT2D eigenvalue weighted by Gasteiger charge is 2.55. The van der Waals surface area contributed by atoms with Crippen molar-refractivity contribution in [3.05, 3.63) is 280 Å². The quantitative estimate of drug-likeness (QED) is 0.0267. The van der Waals surface area contributed by atoms with Crippen molar-refractivity contribution in [3.63, 3.8) is 0 Å². The van der Waals surface area contributed by atoms with Crippen LogP contribution >= 0.6 is 23.1 Å². The van der Waals surface area contributed by atoms with Gasteiger partial charge in [-0.1, -0.05) is 206 Å². The molecule has 3 aliphatic rings. The summed E-state index contributed by atoms with van der Waals surface area (Å²) in [5, 5.41) is 13.4. The number of aromatic nitrogens is 1. The van der Waals surface area contributed by atoms with Crippen LogP contribution in [-0.4, -0.2) is 57.7 Å². The number of thioether (sulfide) groups is 1. The highest BCUT2D eigenvalue weighted by Crippen LogP contribution is 2.48. The largest absolute Gasteiger partial charge is 0.497 e. The predicted molar refractivity (Wildman–Crippen MR) is 298 cm³/mol. The molecule has 13 heteroatoms. The van der Waals surface area contributed by atoms with Gasteiger partial charge >= 0.3 is 5.97 Å². The van der Waals surface area contributed by atoms with Crippen LogP contribution in [0.5, 0.6) is 5.75 Å². The van der Waals surface area contributed by atoms with Gasteiger partial charge in [0, 0.05) is 27.8 Å². The standard InChI is InChI=1S/C63H53N5O6S2/c1-42(44-35-36-44)52-40-75-59-55(58(70)68(59)56(52)60(71)73-39-43-33-37-51(72-2)38-34-43)65-57(69)54(67-74-63(48-27-15-6-16-28-48,49-29-17-7-18-30-49)50-31-19-8-20-32-50)53-41-76-61(64-53)66-62(45-21-9-3-10-22-45,46-23-11-4-12-24-46)47-25-13-5-14-26-47/h3-34,37-38,41,44,55,59H,1,35-36,39-40H2,2H3,(H,64,66)(H,65,69)/b67-54-/t55-,59-/m1/s1. The lowest BCUT2D eigenvalue weighted by molar-refractivity contribution is -0.153. The second-order valence-corrected chi connectivity index (χ2v) is 20.7. The molecule has 11 nitrogen and oxygen atoms in total. The molecular formula is C63H53N5O6S2. The maximum atomic E-state index is 15.4. The number of fused-ring (bicyclic) bond motifs is 1. The lowest BCUT2D eigenvalue weighted by Gasteiger charge is -2.50. The van der Waals surface area contributed by atoms with Gasteiger partial charge in [-0.15, -0.1) is 23.1 Å². The summed E-state index contributed by atoms with van der Waals surface area (Å²) in [6.45, 7) is 4.37. The van der Waals surface area contributed by atoms with E-state index in [0.717, 1.165) is 57.4 Å². The van der Waals surface area contributed by atoms with Crippen LogP contribution in [0.2, 0.25) is 0 Å². The second-order valence-electron chi connectivity index (χ2n) is 18.7. The molecule has 378 valence electrons. The molecule has 0 unspecified atom stereocenters. The number of oxime groups is 1. The minimum Gasteiger partial charge on any atom is -0.497 e. The average Bonchev–Trinajstić information content (AvgIpc) is 4.36. The lowest BCUT2D eigenvalue weighted by atomic mass is 9.77. The average molecular weight is 1040 g/mol. The number of nitrogens with zero attached hydrogens (tertiary/aromatic N) is 3. The topological polar surface area (TPSA) is 131 Å². The number of carbonyl (C=O) groups excluding carboxylic acids is 3. The maximum Gasteiger partial charge on any atom is 0.355 e. The zero-order valence-electron chi connectivity index (χ0n) is 41.6. The summed E-state index contributed by atoms with van der Waals surface area (Å²) in [7, 11) is 1.59. The van der Waals surface area contributed by atoms with Crippen molar-refractivity contribution in [3.8, 4) is 5.75 Å². The number of nitrogens with one attached hydrogen (secondary N) is 2. The molecule has 8 aromatic rings. The minimum absolute atomic E-state index is 0.0145. The summed E-state index contributed by atoms with van der Waals surface area (Å²) in [5.74, 6) is -0.487. The predicted octanol–water partition coefficient (Wildman–Crippen LogP) is 11.6. The van der Waals surface area contributed by atoms with E-state index in [4.69, 9.17) is 24.5 Å². The number of ether oxygens (including phenoxy) is 2. The van der Waals surface area contributed by atoms with E-state index in [-0.39, 0.29) is 29.6 Å². The molecule has 0 spiro atoms. The van der Waals surface area contributed by atoms with Crippen LogP contribution in [0, 0.1) is 5.92 Å². The van der Waals surface area contributed by atoms with Crippen molar-refractivity contribution in [2.45, 2.75) is 42.0 Å². The van der Waals surface area contributed by atoms with E-state index < -0.39 is 40.3 Å². The first-order valence-electron chi connectivity index (χ1n) is 25.1. The zero-order chi connectivity index (χ0) is 52.1. The molecule has 76 heavy (non-hydrogen) atoms. The number of esters is 1. The number of hydrogen-bond acceptors (Lipinski definition) is 11. The molecule has 0 radical (unpaired) electrons. The van der Waals surface area contributed by atoms with Crippen LogP contribution in [-0.2, 0) is 41.7 Å². The SMILES string of the molecule is C=C(C1=C(C(=O)OCc2ccc(OC)cc2)N2C(=O)[C@@H](NC(=O)/C(=N\OC(c3ccccc3)(c3ccccc3)c3ccccc3)c3csc(NC(c4ccccc4)(c4ccccc4)c4ccccc4)n3)[C@H]2SC1)C1CC1. The van der Waals surface area contributed by atoms with Gasteiger partial charge in [-0.2, -0.15) is 0 Å². The summed E-state index contributed by atoms with van der Waals surface area (Å²) >= 11 is 2.78. The number of β-lactam (4-membered cyclic amide) rings is 1. The van der Waals surface area contributed by atoms with Crippen LogP contribution in [0.3, 0.4) is 0 Å². The Hall–Kier alpha value is -8.52. The smallest absolute Gasteiger partial charge is 0.355 e. The fraction of sp³-hybridized carbons (Fsp3) is 0.159. The van der Waals surface area contributed by atoms with Crippen molar-refractivity contribution in [1.29, 1.82) is 0 Å². The van der Waals surface area contributed by atoms with Crippen molar-refractivity contribution >= 4 is 51.7 Å². The van der Waals surface area contributed by atoms with E-state index in [0.29, 0.717) is 22.2 Å². The Kier molecular flexibility index (Phi) is 14.2. The summed E-state index contributed by atoms with van der Waals surface area (Å²) in [6.07, 6.45) is 1.92. The first-order valence-corrected chi connectivity index (χ1v) is 27.0. The Morgan fingerprint density at radius 1 is 0.697 bits per heavy atom. The minimum atomic E-state index is -1.36. The van der Waals surface area contributed by atoms with E-state index in [1.165, 1.54) is 28.0 Å². The van der Waals surface area contributed by atoms with E-state index in [2.05, 4.69) is 53.6 Å². The van der Waals surface area contributed by atoms with Crippen LogP contribution in [0.15, 0.2) is 240 Å². The first kappa shape index (κ1) is 49.7. The Morgan fingerprint density at radius 2 is 1.18 bits per heavy atom. The fourth-order valence-corrected chi connectivity index (χ4v) is 12.2. The molecule has 2 aliphatic heterocycles. The van der Waals surface area contributed by atoms with E-state index >= 15 is 4.79 Å². The summed E-state index contributed by atoms with van der Waals surface area (Å²) < 4.78 is 11.2. The number of anilines is 1. The van der Waals surface area contributed by atoms with Crippen LogP contribution in [0.25, 0.3) is 0 Å². The first-order chi connectivity index (χ1) is 37.3. The molecule has 1 saturated heterocycles. The molecule has 1 aliphatic carbocycles. The molecule has 11 rings (SSSR count). The van der Waals surface area contributed by atoms with Crippen LogP contribution in [0.1, 0.15) is 57.5 Å². The Bertz CT molecular complexity index is 3230. The summed E-state index contributed by atoms with van der Waals surface area (Å²) in [5.41, 5.74) is 5.41. The van der Waals surface area contributed by atoms with Gasteiger partial charge in [0.05, 0.1) is 7.11 Å². The van der Waals surface area contributed by atoms with Crippen molar-refractivity contribution in [1.82, 2.24) is 15.2 Å². The number of thiazole rings is 1. The fourth-order valence-electron chi connectivity index (χ4n) is 10.1. The molecule has 3 heterocycles. The van der Waals surface area contributed by atoms with Gasteiger partial charge in [-0.25, -0.2) is 9.78 Å². The number of rotatable bonds is 19. The maximum absolute atomic E-state index is 15.4. The van der Waals surface area contributed by atoms with Gasteiger partial charge in [0.1, 0.15) is 40.7 Å². The second kappa shape index (κ2) is 21.7. The van der Waals surface area contributed by atoms with Crippen LogP contribution < -0.4 is 15.4 Å². The molecular weight excluding hydrogens is 987 g/mol. The van der Waals surface area contributed by atoms with E-state index in [9.17, 15) is 9.59 Å². The molecule has 0 bridgehead atoms. The highest BCUT2D eigenvalue weighted by atomic mass is 32.2. The number of carbonyl (C=O) groups is 3. The van der Waals surface area contributed by atoms with Gasteiger partial charge in [0.2, 0.25) is 5.60 Å². The Balaban J connectivity index is 0.979. The Morgan fingerprint density at radius 3 is 1.66 bits per heavy atom. The summed E-state index contributed by atoms with van der Waals surface area (Å²) in [6, 6.07) is 66.0. The van der Waals surface area contributed by atoms with Gasteiger partial charge in [0.25, 0.3) is 11.8 Å². The van der Waals surface area contributed by atoms with Crippen molar-refractivity contribution in [2.24, 2.45) is 11.1 Å². The number of hydrogen-bond donors (Lipinski definition) is 2. The third-order valence-corrected chi connectivity index (χ3v) is 16.2. The van der Waals surface area contributed by atoms with Crippen LogP contribution in [0.4, 0.5) is 5.13 Å². The highest BCUT2D eigenvalue weighted by molar-refractivity contribution is 8.00. The molecule has 2 atom stereocenters. The number of benzene rings is 7. The third kappa shape index (κ3) is 9.59. The lowest BCUT2D eigenvalue weighted by Crippen LogP contribution is -2.71. The molecule has 2 amide bonds. The molecule has 1 aromatic heterocycles. The monoisotopic (exact) mass is 1040 g/mol. The molecule has 1 saturated carbocycles. The third-order valence-electron chi connectivity index (χ3n) is 14.1. The summed E-state index contributed by atoms with van der Waals surface area (Å²) in [4.78, 5) is 57.8. The van der Waals surface area contributed by atoms with E-state index in [1.54, 1.807) is 24.6 Å². The van der Waals surface area contributed by atoms with Crippen molar-refractivity contribution in [2.75, 3.05) is 18.2 Å². The molecule has 2 N–H and O–H groups in total. The van der Waals surface area contributed by atoms with Crippen molar-refractivity contribution < 1.29 is 28.7 Å². The molecule has 7 aromatic carbocycles. The number of amides is 2. The number of methoxy groups -OCH3 is 1. The van der Waals surface area contributed by atoms with Gasteiger partial charge in [-0.05, 0) is 64.3 Å². The number of allylic oxidation sites excluding steroid dienone is 1. The van der Waals surface area contributed by atoms with E-state index in [1.807, 2.05) is 158 Å². The zero-order valence-corrected chi connectivity index (χ0v) is 43.2. The van der Waals surface area contributed by atoms with Gasteiger partial charge in [0.15, 0.2) is 10.8 Å². The van der Waals surface area contributed by atoms with Gasteiger partial charge < -0.3 is 24.9 Å². The Labute approximate surface area is 450 Å². The normalized spacial score (nSPS) is 16.5. The molecule has 2 fully saturated rings. The van der Waals surface area contributed by atoms with Gasteiger partial charge in [-0.3, -0.25) is 14.5 Å².